The lowest BCUT2D eigenvalue weighted by Gasteiger charge is -2.10. The molecule has 0 atom stereocenters. The first-order valence-electron chi connectivity index (χ1n) is 7.98. The quantitative estimate of drug-likeness (QED) is 0.790. The fraction of sp³-hybridized carbons (Fsp3) is 0.368. The summed E-state index contributed by atoms with van der Waals surface area (Å²) in [6.45, 7) is 4.98. The maximum atomic E-state index is 12.1. The van der Waals surface area contributed by atoms with E-state index >= 15 is 0 Å². The molecule has 1 amide bonds. The van der Waals surface area contributed by atoms with E-state index < -0.39 is 0 Å². The molecule has 128 valence electrons. The average Bonchev–Trinajstić information content (AvgIpc) is 2.58. The zero-order chi connectivity index (χ0) is 17.5. The lowest BCUT2D eigenvalue weighted by Crippen LogP contribution is -2.45. The molecule has 1 aromatic carbocycles. The summed E-state index contributed by atoms with van der Waals surface area (Å²) in [5, 5.41) is 2.96. The van der Waals surface area contributed by atoms with Gasteiger partial charge in [-0.05, 0) is 37.1 Å². The number of methoxy groups -OCH3 is 2. The smallest absolute Gasteiger partial charge is 0.286 e. The van der Waals surface area contributed by atoms with Gasteiger partial charge in [0.15, 0.2) is 23.4 Å². The molecule has 0 aliphatic heterocycles. The highest BCUT2D eigenvalue weighted by Crippen LogP contribution is 2.27. The highest BCUT2D eigenvalue weighted by atomic mass is 16.5. The molecular formula is C19H25N2O3+. The largest absolute Gasteiger partial charge is 0.493 e. The van der Waals surface area contributed by atoms with E-state index in [9.17, 15) is 4.79 Å². The van der Waals surface area contributed by atoms with Crippen molar-refractivity contribution >= 4 is 5.91 Å². The standard InChI is InChI=1S/C19H24N2O3/c1-14-6-5-11-21(15(14)2)13-19(22)20-10-9-16-7-8-17(23-3)18(12-16)24-4/h5-8,11-12H,9-10,13H2,1-4H3/p+1. The normalized spacial score (nSPS) is 10.3. The van der Waals surface area contributed by atoms with Crippen molar-refractivity contribution in [3.63, 3.8) is 0 Å². The molecule has 1 N–H and O–H groups in total. The molecule has 0 unspecified atom stereocenters. The molecule has 0 spiro atoms. The van der Waals surface area contributed by atoms with Crippen molar-refractivity contribution in [3.8, 4) is 11.5 Å². The van der Waals surface area contributed by atoms with Crippen LogP contribution < -0.4 is 19.4 Å². The third-order valence-electron chi connectivity index (χ3n) is 4.11. The van der Waals surface area contributed by atoms with Crippen LogP contribution in [0, 0.1) is 13.8 Å². The van der Waals surface area contributed by atoms with Gasteiger partial charge in [-0.25, -0.2) is 0 Å². The molecule has 1 aromatic heterocycles. The van der Waals surface area contributed by atoms with Crippen LogP contribution in [0.3, 0.4) is 0 Å². The summed E-state index contributed by atoms with van der Waals surface area (Å²) in [5.41, 5.74) is 3.37. The number of carbonyl (C=O) groups is 1. The number of rotatable bonds is 7. The van der Waals surface area contributed by atoms with Gasteiger partial charge >= 0.3 is 0 Å². The van der Waals surface area contributed by atoms with Gasteiger partial charge in [-0.15, -0.1) is 0 Å². The molecule has 0 aliphatic rings. The maximum Gasteiger partial charge on any atom is 0.286 e. The highest BCUT2D eigenvalue weighted by Gasteiger charge is 2.13. The second-order valence-electron chi connectivity index (χ2n) is 5.69. The van der Waals surface area contributed by atoms with Gasteiger partial charge in [0.2, 0.25) is 6.54 Å². The number of carbonyl (C=O) groups excluding carboxylic acids is 1. The fourth-order valence-corrected chi connectivity index (χ4v) is 2.51. The second kappa shape index (κ2) is 8.34. The van der Waals surface area contributed by atoms with Crippen LogP contribution in [0.5, 0.6) is 11.5 Å². The Labute approximate surface area is 143 Å². The summed E-state index contributed by atoms with van der Waals surface area (Å²) in [6.07, 6.45) is 2.67. The van der Waals surface area contributed by atoms with Crippen LogP contribution in [0.1, 0.15) is 16.8 Å². The first kappa shape index (κ1) is 17.8. The van der Waals surface area contributed by atoms with Crippen LogP contribution in [0.2, 0.25) is 0 Å². The number of amides is 1. The van der Waals surface area contributed by atoms with Crippen molar-refractivity contribution in [2.75, 3.05) is 20.8 Å². The Kier molecular flexibility index (Phi) is 6.18. The van der Waals surface area contributed by atoms with Crippen LogP contribution in [0.4, 0.5) is 0 Å². The summed E-state index contributed by atoms with van der Waals surface area (Å²) in [6, 6.07) is 9.79. The summed E-state index contributed by atoms with van der Waals surface area (Å²) in [4.78, 5) is 12.1. The Morgan fingerprint density at radius 2 is 1.88 bits per heavy atom. The van der Waals surface area contributed by atoms with Gasteiger partial charge in [0.25, 0.3) is 5.91 Å². The minimum absolute atomic E-state index is 0.00850. The summed E-state index contributed by atoms with van der Waals surface area (Å²) in [5.74, 6) is 1.41. The zero-order valence-corrected chi connectivity index (χ0v) is 14.8. The minimum Gasteiger partial charge on any atom is -0.493 e. The van der Waals surface area contributed by atoms with Crippen LogP contribution >= 0.6 is 0 Å². The number of pyridine rings is 1. The monoisotopic (exact) mass is 329 g/mol. The summed E-state index contributed by atoms with van der Waals surface area (Å²) in [7, 11) is 3.23. The lowest BCUT2D eigenvalue weighted by molar-refractivity contribution is -0.690. The molecule has 1 heterocycles. The molecule has 2 rings (SSSR count). The Bertz CT molecular complexity index is 714. The highest BCUT2D eigenvalue weighted by molar-refractivity contribution is 5.74. The van der Waals surface area contributed by atoms with Crippen LogP contribution in [-0.2, 0) is 17.8 Å². The van der Waals surface area contributed by atoms with Crippen molar-refractivity contribution in [1.82, 2.24) is 5.32 Å². The number of aromatic nitrogens is 1. The van der Waals surface area contributed by atoms with Crippen molar-refractivity contribution < 1.29 is 18.8 Å². The van der Waals surface area contributed by atoms with Gasteiger partial charge in [-0.2, -0.15) is 4.57 Å². The maximum absolute atomic E-state index is 12.1. The number of benzene rings is 1. The van der Waals surface area contributed by atoms with E-state index in [-0.39, 0.29) is 5.91 Å². The predicted octanol–water partition coefficient (Wildman–Crippen LogP) is 1.97. The third-order valence-corrected chi connectivity index (χ3v) is 4.11. The molecule has 2 aromatic rings. The van der Waals surface area contributed by atoms with Gasteiger partial charge in [-0.1, -0.05) is 6.07 Å². The topological polar surface area (TPSA) is 51.4 Å². The Balaban J connectivity index is 1.87. The molecule has 0 radical (unpaired) electrons. The van der Waals surface area contributed by atoms with Gasteiger partial charge < -0.3 is 14.8 Å². The van der Waals surface area contributed by atoms with Crippen molar-refractivity contribution in [2.45, 2.75) is 26.8 Å². The zero-order valence-electron chi connectivity index (χ0n) is 14.8. The number of nitrogens with zero attached hydrogens (tertiary/aromatic N) is 1. The summed E-state index contributed by atoms with van der Waals surface area (Å²) < 4.78 is 12.5. The van der Waals surface area contributed by atoms with Crippen LogP contribution in [0.15, 0.2) is 36.5 Å². The molecule has 5 heteroatoms. The number of hydrogen-bond donors (Lipinski definition) is 1. The van der Waals surface area contributed by atoms with Crippen molar-refractivity contribution in [2.24, 2.45) is 0 Å². The van der Waals surface area contributed by atoms with Gasteiger partial charge in [0.05, 0.1) is 14.2 Å². The second-order valence-corrected chi connectivity index (χ2v) is 5.69. The minimum atomic E-state index is 0.00850. The third kappa shape index (κ3) is 4.47. The molecule has 0 saturated carbocycles. The lowest BCUT2D eigenvalue weighted by atomic mass is 10.1. The molecule has 0 aliphatic carbocycles. The van der Waals surface area contributed by atoms with E-state index in [1.165, 1.54) is 5.56 Å². The fourth-order valence-electron chi connectivity index (χ4n) is 2.51. The van der Waals surface area contributed by atoms with E-state index in [2.05, 4.69) is 5.32 Å². The number of ether oxygens (including phenoxy) is 2. The first-order chi connectivity index (χ1) is 11.5. The van der Waals surface area contributed by atoms with E-state index in [0.29, 0.717) is 24.6 Å². The SMILES string of the molecule is COc1ccc(CCNC(=O)C[n+]2cccc(C)c2C)cc1OC. The van der Waals surface area contributed by atoms with Gasteiger partial charge in [0.1, 0.15) is 0 Å². The molecule has 0 fully saturated rings. The number of aryl methyl sites for hydroxylation is 1. The molecule has 0 saturated heterocycles. The molecule has 0 bridgehead atoms. The van der Waals surface area contributed by atoms with E-state index in [1.807, 2.05) is 54.9 Å². The van der Waals surface area contributed by atoms with Crippen LogP contribution in [-0.4, -0.2) is 26.7 Å². The molecule has 5 nitrogen and oxygen atoms in total. The van der Waals surface area contributed by atoms with E-state index in [4.69, 9.17) is 9.47 Å². The van der Waals surface area contributed by atoms with Crippen molar-refractivity contribution in [1.29, 1.82) is 0 Å². The Morgan fingerprint density at radius 1 is 1.12 bits per heavy atom. The summed E-state index contributed by atoms with van der Waals surface area (Å²) >= 11 is 0. The number of hydrogen-bond acceptors (Lipinski definition) is 3. The predicted molar refractivity (Wildman–Crippen MR) is 92.4 cm³/mol. The van der Waals surface area contributed by atoms with Crippen LogP contribution in [0.25, 0.3) is 0 Å². The molecule has 24 heavy (non-hydrogen) atoms. The molecular weight excluding hydrogens is 304 g/mol. The van der Waals surface area contributed by atoms with E-state index in [0.717, 1.165) is 17.7 Å². The Hall–Kier alpha value is -2.56. The number of nitrogens with one attached hydrogen (secondary N) is 1. The van der Waals surface area contributed by atoms with Crippen molar-refractivity contribution in [3.05, 3.63) is 53.3 Å². The van der Waals surface area contributed by atoms with E-state index in [1.54, 1.807) is 14.2 Å². The Morgan fingerprint density at radius 3 is 2.58 bits per heavy atom. The average molecular weight is 329 g/mol. The van der Waals surface area contributed by atoms with Gasteiger partial charge in [-0.3, -0.25) is 4.79 Å². The first-order valence-corrected chi connectivity index (χ1v) is 7.98. The van der Waals surface area contributed by atoms with Gasteiger partial charge in [0, 0.05) is 25.1 Å².